The number of aromatic nitrogens is 2. The number of hydrogen-bond acceptors (Lipinski definition) is 7. The third-order valence-electron chi connectivity index (χ3n) is 8.16. The Morgan fingerprint density at radius 2 is 1.83 bits per heavy atom. The Labute approximate surface area is 275 Å². The number of rotatable bonds is 6. The largest absolute Gasteiger partial charge is 0.352 e. The maximum atomic E-state index is 15.1. The number of benzene rings is 1. The summed E-state index contributed by atoms with van der Waals surface area (Å²) in [5.74, 6) is -0.703. The van der Waals surface area contributed by atoms with Gasteiger partial charge in [-0.2, -0.15) is 12.7 Å². The van der Waals surface area contributed by atoms with E-state index >= 15 is 4.39 Å². The first kappa shape index (κ1) is 33.5. The van der Waals surface area contributed by atoms with E-state index in [-0.39, 0.29) is 51.8 Å². The Balaban J connectivity index is 1.78. The smallest absolute Gasteiger partial charge is 0.349 e. The number of aryl methyl sites for hydroxylation is 1. The molecule has 46 heavy (non-hydrogen) atoms. The fourth-order valence-electron chi connectivity index (χ4n) is 6.06. The van der Waals surface area contributed by atoms with Crippen molar-refractivity contribution in [2.45, 2.75) is 59.2 Å². The van der Waals surface area contributed by atoms with Crippen LogP contribution in [0.25, 0.3) is 11.3 Å². The molecule has 2 unspecified atom stereocenters. The van der Waals surface area contributed by atoms with Gasteiger partial charge in [0.05, 0.1) is 33.4 Å². The van der Waals surface area contributed by atoms with Gasteiger partial charge in [-0.1, -0.05) is 44.2 Å². The summed E-state index contributed by atoms with van der Waals surface area (Å²) in [7, 11) is -0.589. The lowest BCUT2D eigenvalue weighted by molar-refractivity contribution is -0.130. The van der Waals surface area contributed by atoms with Crippen molar-refractivity contribution in [3.63, 3.8) is 0 Å². The van der Waals surface area contributed by atoms with Gasteiger partial charge >= 0.3 is 10.2 Å². The van der Waals surface area contributed by atoms with Gasteiger partial charge in [0.1, 0.15) is 5.82 Å². The van der Waals surface area contributed by atoms with Crippen molar-refractivity contribution in [3.05, 3.63) is 82.4 Å². The Hall–Kier alpha value is -3.87. The van der Waals surface area contributed by atoms with Crippen molar-refractivity contribution >= 4 is 45.1 Å². The Morgan fingerprint density at radius 1 is 1.13 bits per heavy atom. The first-order valence-electron chi connectivity index (χ1n) is 15.1. The Bertz CT molecular complexity index is 1850. The van der Waals surface area contributed by atoms with Crippen LogP contribution in [0.15, 0.2) is 53.5 Å². The van der Waals surface area contributed by atoms with Crippen molar-refractivity contribution in [3.8, 4) is 11.3 Å². The van der Waals surface area contributed by atoms with E-state index in [0.29, 0.717) is 42.1 Å². The third-order valence-corrected chi connectivity index (χ3v) is 9.67. The summed E-state index contributed by atoms with van der Waals surface area (Å²) in [6.07, 6.45) is 1.27. The molecule has 5 rings (SSSR count). The molecule has 0 saturated carbocycles. The number of anilines is 2. The number of nitrogens with zero attached hydrogens (tertiary/aromatic N) is 7. The molecule has 2 atom stereocenters. The summed E-state index contributed by atoms with van der Waals surface area (Å²) in [5, 5.41) is 0.136. The number of pyridine rings is 2. The highest BCUT2D eigenvalue weighted by Crippen LogP contribution is 2.44. The minimum atomic E-state index is -4.47. The van der Waals surface area contributed by atoms with E-state index in [1.54, 1.807) is 29.2 Å². The molecule has 244 valence electrons. The van der Waals surface area contributed by atoms with Gasteiger partial charge < -0.3 is 14.7 Å². The number of amidine groups is 1. The van der Waals surface area contributed by atoms with Crippen molar-refractivity contribution in [1.29, 1.82) is 0 Å². The molecule has 0 bridgehead atoms. The van der Waals surface area contributed by atoms with Crippen LogP contribution in [0, 0.1) is 12.7 Å². The average Bonchev–Trinajstić information content (AvgIpc) is 2.97. The van der Waals surface area contributed by atoms with E-state index in [4.69, 9.17) is 21.6 Å². The zero-order chi connectivity index (χ0) is 33.7. The predicted molar refractivity (Wildman–Crippen MR) is 180 cm³/mol. The van der Waals surface area contributed by atoms with E-state index in [0.717, 1.165) is 10.00 Å². The van der Waals surface area contributed by atoms with Crippen LogP contribution in [0.2, 0.25) is 5.02 Å². The van der Waals surface area contributed by atoms with Gasteiger partial charge in [-0.25, -0.2) is 9.37 Å². The average molecular weight is 668 g/mol. The van der Waals surface area contributed by atoms with Crippen LogP contribution in [0.5, 0.6) is 0 Å². The van der Waals surface area contributed by atoms with Gasteiger partial charge in [0.15, 0.2) is 11.7 Å². The summed E-state index contributed by atoms with van der Waals surface area (Å²) in [6.45, 7) is 14.3. The quantitative estimate of drug-likeness (QED) is 0.312. The molecule has 1 saturated heterocycles. The fraction of sp³-hybridized carbons (Fsp3) is 0.394. The first-order chi connectivity index (χ1) is 21.6. The Morgan fingerprint density at radius 3 is 2.46 bits per heavy atom. The van der Waals surface area contributed by atoms with Crippen LogP contribution in [-0.2, 0) is 21.5 Å². The number of carbonyl (C=O) groups excluding carboxylic acids is 1. The normalized spacial score (nSPS) is 19.4. The van der Waals surface area contributed by atoms with Crippen molar-refractivity contribution < 1.29 is 17.6 Å². The molecule has 1 amide bonds. The summed E-state index contributed by atoms with van der Waals surface area (Å²) in [6, 6.07) is 8.97. The molecule has 0 spiro atoms. The van der Waals surface area contributed by atoms with E-state index in [9.17, 15) is 13.2 Å². The zero-order valence-electron chi connectivity index (χ0n) is 27.1. The van der Waals surface area contributed by atoms with Gasteiger partial charge in [-0.3, -0.25) is 9.78 Å². The maximum Gasteiger partial charge on any atom is 0.352 e. The highest BCUT2D eigenvalue weighted by molar-refractivity contribution is 7.92. The zero-order valence-corrected chi connectivity index (χ0v) is 28.7. The summed E-state index contributed by atoms with van der Waals surface area (Å²) < 4.78 is 49.5. The van der Waals surface area contributed by atoms with E-state index in [1.165, 1.54) is 12.1 Å². The summed E-state index contributed by atoms with van der Waals surface area (Å²) in [4.78, 5) is 27.8. The SMILES string of the molecule is C=CC(=O)N1CC(C)N(C2=NS(=O)(=O)N(c3c(C)cc(CN(C)C)nc3C(C)C)c3nc(-c4ccccc4F)c(Cl)cc32)CC1C. The number of hydrogen-bond donors (Lipinski definition) is 0. The number of piperazine rings is 1. The highest BCUT2D eigenvalue weighted by Gasteiger charge is 2.42. The molecule has 2 aliphatic heterocycles. The molecule has 1 fully saturated rings. The van der Waals surface area contributed by atoms with Crippen molar-refractivity contribution in [1.82, 2.24) is 24.7 Å². The van der Waals surface area contributed by atoms with Gasteiger partial charge in [0, 0.05) is 37.3 Å². The van der Waals surface area contributed by atoms with Gasteiger partial charge in [-0.15, -0.1) is 4.40 Å². The molecule has 3 aromatic rings. The molecular weight excluding hydrogens is 629 g/mol. The minimum absolute atomic E-state index is 0.0456. The van der Waals surface area contributed by atoms with Crippen molar-refractivity contribution in [2.24, 2.45) is 4.40 Å². The highest BCUT2D eigenvalue weighted by atomic mass is 35.5. The molecule has 2 aliphatic rings. The second-order valence-corrected chi connectivity index (χ2v) is 14.3. The second kappa shape index (κ2) is 12.7. The molecule has 0 aliphatic carbocycles. The molecule has 4 heterocycles. The van der Waals surface area contributed by atoms with Crippen LogP contribution in [0.4, 0.5) is 15.9 Å². The lowest BCUT2D eigenvalue weighted by Gasteiger charge is -2.46. The van der Waals surface area contributed by atoms with E-state index < -0.39 is 16.0 Å². The molecule has 1 aromatic carbocycles. The van der Waals surface area contributed by atoms with Crippen LogP contribution >= 0.6 is 11.6 Å². The van der Waals surface area contributed by atoms with Crippen LogP contribution < -0.4 is 4.31 Å². The monoisotopic (exact) mass is 667 g/mol. The summed E-state index contributed by atoms with van der Waals surface area (Å²) in [5.41, 5.74) is 2.98. The van der Waals surface area contributed by atoms with Gasteiger partial charge in [0.2, 0.25) is 5.91 Å². The molecule has 13 heteroatoms. The standard InChI is InChI=1S/C33H39ClFN7O3S/c1-9-28(43)40-16-22(6)41(17-21(40)5)33-25-15-26(34)30(24-12-10-11-13-27(24)35)37-32(25)42(46(44,45)38-33)31-20(4)14-23(18-39(7)8)36-29(31)19(2)3/h9-15,19,21-22H,1,16-18H2,2-8H3. The van der Waals surface area contributed by atoms with E-state index in [2.05, 4.69) is 11.0 Å². The number of halogens is 2. The predicted octanol–water partition coefficient (Wildman–Crippen LogP) is 5.68. The van der Waals surface area contributed by atoms with Gasteiger partial charge in [-0.05, 0) is 76.7 Å². The lowest BCUT2D eigenvalue weighted by atomic mass is 10.0. The van der Waals surface area contributed by atoms with Crippen molar-refractivity contribution in [2.75, 3.05) is 31.5 Å². The number of amides is 1. The van der Waals surface area contributed by atoms with Gasteiger partial charge in [0.25, 0.3) is 0 Å². The lowest BCUT2D eigenvalue weighted by Crippen LogP contribution is -2.60. The van der Waals surface area contributed by atoms with E-state index in [1.807, 2.05) is 64.6 Å². The van der Waals surface area contributed by atoms with Crippen LogP contribution in [0.3, 0.4) is 0 Å². The Kier molecular flexibility index (Phi) is 9.27. The molecule has 10 nitrogen and oxygen atoms in total. The topological polar surface area (TPSA) is 102 Å². The molecule has 2 aromatic heterocycles. The third kappa shape index (κ3) is 6.13. The first-order valence-corrected chi connectivity index (χ1v) is 16.9. The summed E-state index contributed by atoms with van der Waals surface area (Å²) >= 11 is 6.82. The number of carbonyl (C=O) groups is 1. The maximum absolute atomic E-state index is 15.1. The second-order valence-electron chi connectivity index (χ2n) is 12.4. The molecule has 0 N–H and O–H groups in total. The molecule has 0 radical (unpaired) electrons. The fourth-order valence-corrected chi connectivity index (χ4v) is 7.64. The van der Waals surface area contributed by atoms with Crippen LogP contribution in [-0.4, -0.2) is 84.1 Å². The van der Waals surface area contributed by atoms with Crippen LogP contribution in [0.1, 0.15) is 56.1 Å². The minimum Gasteiger partial charge on any atom is -0.349 e. The number of fused-ring (bicyclic) bond motifs is 1. The molecular formula is C33H39ClFN7O3S.